The molecule has 22 heavy (non-hydrogen) atoms. The second-order valence-corrected chi connectivity index (χ2v) is 6.35. The minimum atomic E-state index is -0.569. The lowest BCUT2D eigenvalue weighted by molar-refractivity contribution is 0.128. The molecule has 1 aromatic carbocycles. The zero-order chi connectivity index (χ0) is 16.3. The van der Waals surface area contributed by atoms with Crippen LogP contribution in [-0.2, 0) is 0 Å². The first-order valence-electron chi connectivity index (χ1n) is 7.23. The van der Waals surface area contributed by atoms with Crippen molar-refractivity contribution in [3.05, 3.63) is 33.6 Å². The van der Waals surface area contributed by atoms with Crippen LogP contribution in [-0.4, -0.2) is 35.7 Å². The maximum atomic E-state index is 13.6. The van der Waals surface area contributed by atoms with Crippen molar-refractivity contribution in [2.24, 2.45) is 5.92 Å². The number of nitrogens with one attached hydrogen (secondary N) is 1. The van der Waals surface area contributed by atoms with Crippen LogP contribution in [0.4, 0.5) is 9.18 Å². The van der Waals surface area contributed by atoms with Gasteiger partial charge in [-0.15, -0.1) is 0 Å². The van der Waals surface area contributed by atoms with Crippen LogP contribution >= 0.6 is 23.2 Å². The summed E-state index contributed by atoms with van der Waals surface area (Å²) in [7, 11) is 0. The van der Waals surface area contributed by atoms with Gasteiger partial charge >= 0.3 is 6.03 Å². The van der Waals surface area contributed by atoms with Gasteiger partial charge < -0.3 is 15.3 Å². The van der Waals surface area contributed by atoms with Crippen molar-refractivity contribution >= 4 is 29.2 Å². The predicted octanol–water partition coefficient (Wildman–Crippen LogP) is 3.61. The molecule has 2 unspecified atom stereocenters. The first-order chi connectivity index (χ1) is 10.4. The van der Waals surface area contributed by atoms with Gasteiger partial charge in [0.25, 0.3) is 0 Å². The second-order valence-electron chi connectivity index (χ2n) is 5.56. The van der Waals surface area contributed by atoms with Crippen molar-refractivity contribution in [2.45, 2.75) is 25.8 Å². The third-order valence-corrected chi connectivity index (χ3v) is 4.63. The Morgan fingerprint density at radius 2 is 2.27 bits per heavy atom. The molecule has 1 fully saturated rings. The van der Waals surface area contributed by atoms with Gasteiger partial charge in [0.2, 0.25) is 0 Å². The van der Waals surface area contributed by atoms with E-state index in [2.05, 4.69) is 5.32 Å². The van der Waals surface area contributed by atoms with E-state index in [0.29, 0.717) is 23.7 Å². The molecule has 1 aliphatic rings. The highest BCUT2D eigenvalue weighted by molar-refractivity contribution is 6.36. The maximum absolute atomic E-state index is 13.6. The Morgan fingerprint density at radius 3 is 2.95 bits per heavy atom. The number of benzene rings is 1. The molecular formula is C15H19Cl2FN2O2. The van der Waals surface area contributed by atoms with E-state index < -0.39 is 11.9 Å². The lowest BCUT2D eigenvalue weighted by Crippen LogP contribution is -2.46. The molecule has 0 radical (unpaired) electrons. The summed E-state index contributed by atoms with van der Waals surface area (Å²) in [4.78, 5) is 14.0. The largest absolute Gasteiger partial charge is 0.396 e. The van der Waals surface area contributed by atoms with Crippen LogP contribution in [0, 0.1) is 11.7 Å². The van der Waals surface area contributed by atoms with Crippen LogP contribution in [0.15, 0.2) is 12.1 Å². The Morgan fingerprint density at radius 1 is 1.55 bits per heavy atom. The van der Waals surface area contributed by atoms with E-state index in [-0.39, 0.29) is 23.6 Å². The molecule has 7 heteroatoms. The summed E-state index contributed by atoms with van der Waals surface area (Å²) in [5.41, 5.74) is 0.368. The van der Waals surface area contributed by atoms with E-state index in [1.165, 1.54) is 12.1 Å². The zero-order valence-electron chi connectivity index (χ0n) is 12.3. The predicted molar refractivity (Wildman–Crippen MR) is 84.7 cm³/mol. The van der Waals surface area contributed by atoms with E-state index in [9.17, 15) is 14.3 Å². The highest BCUT2D eigenvalue weighted by atomic mass is 35.5. The van der Waals surface area contributed by atoms with E-state index in [1.54, 1.807) is 11.8 Å². The third kappa shape index (κ3) is 3.83. The van der Waals surface area contributed by atoms with Gasteiger partial charge in [-0.3, -0.25) is 0 Å². The van der Waals surface area contributed by atoms with Crippen molar-refractivity contribution < 1.29 is 14.3 Å². The molecule has 1 saturated heterocycles. The summed E-state index contributed by atoms with van der Waals surface area (Å²) in [5.74, 6) is -0.461. The molecule has 1 aromatic rings. The van der Waals surface area contributed by atoms with Crippen molar-refractivity contribution in [1.82, 2.24) is 10.2 Å². The molecule has 4 nitrogen and oxygen atoms in total. The molecule has 2 N–H and O–H groups in total. The normalized spacial score (nSPS) is 19.9. The number of piperidine rings is 1. The fraction of sp³-hybridized carbons (Fsp3) is 0.533. The van der Waals surface area contributed by atoms with Gasteiger partial charge in [-0.1, -0.05) is 23.2 Å². The first kappa shape index (κ1) is 17.3. The standard InChI is InChI=1S/C15H19Cl2FN2O2/c1-9(13-11(16)4-5-12(18)14(13)17)19-15(22)20-6-2-3-10(7-20)8-21/h4-5,9-10,21H,2-3,6-8H2,1H3,(H,19,22). The van der Waals surface area contributed by atoms with E-state index in [0.717, 1.165) is 12.8 Å². The molecule has 0 spiro atoms. The molecular weight excluding hydrogens is 330 g/mol. The number of nitrogens with zero attached hydrogens (tertiary/aromatic N) is 1. The minimum Gasteiger partial charge on any atom is -0.396 e. The first-order valence-corrected chi connectivity index (χ1v) is 7.99. The Bertz CT molecular complexity index is 557. The quantitative estimate of drug-likeness (QED) is 0.819. The summed E-state index contributed by atoms with van der Waals surface area (Å²) < 4.78 is 13.6. The number of hydrogen-bond acceptors (Lipinski definition) is 2. The number of carbonyl (C=O) groups excluding carboxylic acids is 1. The summed E-state index contributed by atoms with van der Waals surface area (Å²) in [6.07, 6.45) is 1.77. The Labute approximate surface area is 139 Å². The number of amides is 2. The van der Waals surface area contributed by atoms with Gasteiger partial charge in [-0.05, 0) is 37.8 Å². The van der Waals surface area contributed by atoms with E-state index >= 15 is 0 Å². The maximum Gasteiger partial charge on any atom is 0.317 e. The fourth-order valence-corrected chi connectivity index (χ4v) is 3.38. The van der Waals surface area contributed by atoms with Crippen LogP contribution in [0.1, 0.15) is 31.4 Å². The summed E-state index contributed by atoms with van der Waals surface area (Å²) in [5, 5.41) is 12.2. The molecule has 2 rings (SSSR count). The van der Waals surface area contributed by atoms with Gasteiger partial charge in [-0.25, -0.2) is 9.18 Å². The van der Waals surface area contributed by atoms with Gasteiger partial charge in [0.15, 0.2) is 0 Å². The van der Waals surface area contributed by atoms with E-state index in [4.69, 9.17) is 23.2 Å². The molecule has 1 aliphatic heterocycles. The Balaban J connectivity index is 2.07. The minimum absolute atomic E-state index is 0.0703. The fourth-order valence-electron chi connectivity index (χ4n) is 2.69. The zero-order valence-corrected chi connectivity index (χ0v) is 13.8. The molecule has 1 heterocycles. The Kier molecular flexibility index (Phi) is 5.89. The molecule has 0 saturated carbocycles. The number of carbonyl (C=O) groups is 1. The van der Waals surface area contributed by atoms with Gasteiger partial charge in [-0.2, -0.15) is 0 Å². The van der Waals surface area contributed by atoms with Crippen LogP contribution in [0.5, 0.6) is 0 Å². The average Bonchev–Trinajstić information content (AvgIpc) is 2.51. The van der Waals surface area contributed by atoms with E-state index in [1.807, 2.05) is 0 Å². The molecule has 122 valence electrons. The average molecular weight is 349 g/mol. The molecule has 0 bridgehead atoms. The number of aliphatic hydroxyl groups excluding tert-OH is 1. The number of halogens is 3. The van der Waals surface area contributed by atoms with Gasteiger partial charge in [0.1, 0.15) is 5.82 Å². The lowest BCUT2D eigenvalue weighted by atomic mass is 9.99. The number of aliphatic hydroxyl groups is 1. The molecule has 2 atom stereocenters. The topological polar surface area (TPSA) is 52.6 Å². The van der Waals surface area contributed by atoms with Crippen molar-refractivity contribution in [3.63, 3.8) is 0 Å². The van der Waals surface area contributed by atoms with Gasteiger partial charge in [0, 0.05) is 30.3 Å². The van der Waals surface area contributed by atoms with Crippen LogP contribution in [0.2, 0.25) is 10.0 Å². The number of likely N-dealkylation sites (tertiary alicyclic amines) is 1. The number of rotatable bonds is 3. The highest BCUT2D eigenvalue weighted by Gasteiger charge is 2.25. The van der Waals surface area contributed by atoms with Gasteiger partial charge in [0.05, 0.1) is 11.1 Å². The van der Waals surface area contributed by atoms with Crippen LogP contribution < -0.4 is 5.32 Å². The number of urea groups is 1. The third-order valence-electron chi connectivity index (χ3n) is 3.92. The second kappa shape index (κ2) is 7.49. The number of hydrogen-bond donors (Lipinski definition) is 2. The molecule has 0 aliphatic carbocycles. The summed E-state index contributed by atoms with van der Waals surface area (Å²) >= 11 is 12.0. The van der Waals surface area contributed by atoms with Crippen molar-refractivity contribution in [1.29, 1.82) is 0 Å². The van der Waals surface area contributed by atoms with Crippen LogP contribution in [0.25, 0.3) is 0 Å². The van der Waals surface area contributed by atoms with Crippen LogP contribution in [0.3, 0.4) is 0 Å². The summed E-state index contributed by atoms with van der Waals surface area (Å²) in [6.45, 7) is 2.93. The monoisotopic (exact) mass is 348 g/mol. The smallest absolute Gasteiger partial charge is 0.317 e. The Hall–Kier alpha value is -1.04. The highest BCUT2D eigenvalue weighted by Crippen LogP contribution is 2.32. The SMILES string of the molecule is CC(NC(=O)N1CCCC(CO)C1)c1c(Cl)ccc(F)c1Cl. The summed E-state index contributed by atoms with van der Waals surface area (Å²) in [6, 6.07) is 1.84. The lowest BCUT2D eigenvalue weighted by Gasteiger charge is -2.33. The van der Waals surface area contributed by atoms with Crippen molar-refractivity contribution in [2.75, 3.05) is 19.7 Å². The molecule has 2 amide bonds. The van der Waals surface area contributed by atoms with Crippen molar-refractivity contribution in [3.8, 4) is 0 Å². The molecule has 0 aromatic heterocycles.